The zero-order chi connectivity index (χ0) is 12.6. The normalized spacial score (nSPS) is 12.0. The maximum absolute atomic E-state index is 12.2. The van der Waals surface area contributed by atoms with Gasteiger partial charge in [-0.2, -0.15) is 5.10 Å². The van der Waals surface area contributed by atoms with Crippen molar-refractivity contribution < 1.29 is 0 Å². The molecule has 0 saturated carbocycles. The Labute approximate surface area is 103 Å². The van der Waals surface area contributed by atoms with Crippen LogP contribution in [0, 0.1) is 6.92 Å². The van der Waals surface area contributed by atoms with Gasteiger partial charge in [-0.1, -0.05) is 4.49 Å². The number of rotatable bonds is 2. The highest BCUT2D eigenvalue weighted by atomic mass is 32.1. The molecule has 0 unspecified atom stereocenters. The monoisotopic (exact) mass is 253 g/mol. The largest absolute Gasteiger partial charge is 0.346 e. The van der Waals surface area contributed by atoms with Crippen LogP contribution in [-0.4, -0.2) is 23.9 Å². The van der Waals surface area contributed by atoms with Crippen LogP contribution in [-0.2, 0) is 12.1 Å². The van der Waals surface area contributed by atoms with Crippen LogP contribution in [0.2, 0.25) is 0 Å². The summed E-state index contributed by atoms with van der Waals surface area (Å²) >= 11 is 1.29. The quantitative estimate of drug-likeness (QED) is 0.801. The van der Waals surface area contributed by atoms with Gasteiger partial charge in [0.15, 0.2) is 0 Å². The predicted octanol–water partition coefficient (Wildman–Crippen LogP) is 1.01. The van der Waals surface area contributed by atoms with Gasteiger partial charge in [0, 0.05) is 0 Å². The van der Waals surface area contributed by atoms with Gasteiger partial charge in [-0.25, -0.2) is 9.48 Å². The number of nitrogens with zero attached hydrogens (tertiary/aromatic N) is 5. The van der Waals surface area contributed by atoms with Crippen molar-refractivity contribution in [2.75, 3.05) is 0 Å². The summed E-state index contributed by atoms with van der Waals surface area (Å²) in [4.78, 5) is 13.1. The van der Waals surface area contributed by atoms with Gasteiger partial charge < -0.3 is 0 Å². The lowest BCUT2D eigenvalue weighted by atomic mass is 10.1. The maximum Gasteiger partial charge on any atom is 0.346 e. The van der Waals surface area contributed by atoms with E-state index < -0.39 is 0 Å². The van der Waals surface area contributed by atoms with E-state index in [4.69, 9.17) is 0 Å². The van der Waals surface area contributed by atoms with Crippen LogP contribution >= 0.6 is 11.5 Å². The van der Waals surface area contributed by atoms with Gasteiger partial charge in [0.25, 0.3) is 0 Å². The van der Waals surface area contributed by atoms with Crippen molar-refractivity contribution in [3.05, 3.63) is 27.4 Å². The first-order chi connectivity index (χ1) is 7.89. The molecular weight excluding hydrogens is 238 g/mol. The summed E-state index contributed by atoms with van der Waals surface area (Å²) in [7, 11) is 0. The molecule has 0 N–H and O–H groups in total. The van der Waals surface area contributed by atoms with Crippen molar-refractivity contribution in [3.8, 4) is 0 Å². The van der Waals surface area contributed by atoms with Gasteiger partial charge in [-0.3, -0.25) is 4.57 Å². The average Bonchev–Trinajstić information content (AvgIpc) is 2.80. The second-order valence-electron chi connectivity index (χ2n) is 4.88. The molecule has 7 heteroatoms. The fourth-order valence-corrected chi connectivity index (χ4v) is 2.01. The number of hydrogen-bond acceptors (Lipinski definition) is 5. The van der Waals surface area contributed by atoms with E-state index in [1.165, 1.54) is 16.2 Å². The summed E-state index contributed by atoms with van der Waals surface area (Å²) in [5, 5.41) is 8.05. The molecule has 2 aromatic heterocycles. The standard InChI is InChI=1S/C10H15N5OS/c1-7-12-15(10(2,3)4)9(16)14(7)6-8-5-11-13-17-8/h5H,6H2,1-4H3. The van der Waals surface area contributed by atoms with E-state index >= 15 is 0 Å². The Morgan fingerprint density at radius 2 is 2.12 bits per heavy atom. The second-order valence-corrected chi connectivity index (χ2v) is 5.75. The summed E-state index contributed by atoms with van der Waals surface area (Å²) in [5.74, 6) is 0.707. The van der Waals surface area contributed by atoms with E-state index in [1.807, 2.05) is 27.7 Å². The fraction of sp³-hybridized carbons (Fsp3) is 0.600. The molecule has 92 valence electrons. The summed E-state index contributed by atoms with van der Waals surface area (Å²) in [5.41, 5.74) is -0.401. The molecule has 2 heterocycles. The highest BCUT2D eigenvalue weighted by Gasteiger charge is 2.21. The van der Waals surface area contributed by atoms with Crippen LogP contribution in [0.15, 0.2) is 11.0 Å². The first-order valence-electron chi connectivity index (χ1n) is 5.33. The van der Waals surface area contributed by atoms with Crippen LogP contribution in [0.4, 0.5) is 0 Å². The lowest BCUT2D eigenvalue weighted by molar-refractivity contribution is 0.340. The Kier molecular flexibility index (Phi) is 2.86. The third-order valence-electron chi connectivity index (χ3n) is 2.40. The SMILES string of the molecule is Cc1nn(C(C)(C)C)c(=O)n1Cc1cnns1. The molecule has 0 saturated heterocycles. The summed E-state index contributed by atoms with van der Waals surface area (Å²) in [6, 6.07) is 0. The van der Waals surface area contributed by atoms with E-state index in [2.05, 4.69) is 14.7 Å². The molecule has 0 aliphatic heterocycles. The minimum atomic E-state index is -0.307. The molecule has 0 amide bonds. The van der Waals surface area contributed by atoms with Gasteiger partial charge in [-0.15, -0.1) is 5.10 Å². The van der Waals surface area contributed by atoms with Crippen LogP contribution in [0.3, 0.4) is 0 Å². The molecule has 17 heavy (non-hydrogen) atoms. The molecule has 0 atom stereocenters. The van der Waals surface area contributed by atoms with Crippen molar-refractivity contribution in [3.63, 3.8) is 0 Å². The Balaban J connectivity index is 2.43. The van der Waals surface area contributed by atoms with E-state index in [0.717, 1.165) is 4.88 Å². The van der Waals surface area contributed by atoms with Gasteiger partial charge in [0.1, 0.15) is 5.82 Å². The molecular formula is C10H15N5OS. The minimum absolute atomic E-state index is 0.0941. The first kappa shape index (κ1) is 12.0. The summed E-state index contributed by atoms with van der Waals surface area (Å²) in [6.45, 7) is 8.19. The number of aromatic nitrogens is 5. The zero-order valence-corrected chi connectivity index (χ0v) is 11.2. The maximum atomic E-state index is 12.2. The zero-order valence-electron chi connectivity index (χ0n) is 10.3. The summed E-state index contributed by atoms with van der Waals surface area (Å²) < 4.78 is 6.93. The number of hydrogen-bond donors (Lipinski definition) is 0. The van der Waals surface area contributed by atoms with E-state index in [1.54, 1.807) is 10.8 Å². The van der Waals surface area contributed by atoms with Crippen LogP contribution in [0.25, 0.3) is 0 Å². The lowest BCUT2D eigenvalue weighted by Crippen LogP contribution is -2.35. The molecule has 0 radical (unpaired) electrons. The Morgan fingerprint density at radius 1 is 1.41 bits per heavy atom. The van der Waals surface area contributed by atoms with Gasteiger partial charge in [0.2, 0.25) is 0 Å². The minimum Gasteiger partial charge on any atom is -0.274 e. The average molecular weight is 253 g/mol. The molecule has 0 aliphatic carbocycles. The molecule has 6 nitrogen and oxygen atoms in total. The van der Waals surface area contributed by atoms with E-state index in [-0.39, 0.29) is 11.2 Å². The molecule has 2 rings (SSSR count). The van der Waals surface area contributed by atoms with Gasteiger partial charge in [-0.05, 0) is 39.2 Å². The highest BCUT2D eigenvalue weighted by molar-refractivity contribution is 7.05. The Bertz CT molecular complexity index is 561. The van der Waals surface area contributed by atoms with Crippen molar-refractivity contribution in [2.24, 2.45) is 0 Å². The van der Waals surface area contributed by atoms with Crippen LogP contribution < -0.4 is 5.69 Å². The molecule has 0 aromatic carbocycles. The van der Waals surface area contributed by atoms with Crippen molar-refractivity contribution in [2.45, 2.75) is 39.8 Å². The molecule has 2 aromatic rings. The topological polar surface area (TPSA) is 65.6 Å². The van der Waals surface area contributed by atoms with Crippen LogP contribution in [0.1, 0.15) is 31.5 Å². The fourth-order valence-electron chi connectivity index (χ4n) is 1.53. The molecule has 0 spiro atoms. The van der Waals surface area contributed by atoms with Crippen molar-refractivity contribution in [1.29, 1.82) is 0 Å². The second kappa shape index (κ2) is 4.06. The van der Waals surface area contributed by atoms with Crippen molar-refractivity contribution >= 4 is 11.5 Å². The Morgan fingerprint density at radius 3 is 2.59 bits per heavy atom. The van der Waals surface area contributed by atoms with Crippen molar-refractivity contribution in [1.82, 2.24) is 23.9 Å². The van der Waals surface area contributed by atoms with Gasteiger partial charge in [0.05, 0.1) is 23.2 Å². The van der Waals surface area contributed by atoms with Gasteiger partial charge >= 0.3 is 5.69 Å². The molecule has 0 aliphatic rings. The molecule has 0 fully saturated rings. The van der Waals surface area contributed by atoms with Crippen LogP contribution in [0.5, 0.6) is 0 Å². The third kappa shape index (κ3) is 2.28. The lowest BCUT2D eigenvalue weighted by Gasteiger charge is -2.16. The third-order valence-corrected chi connectivity index (χ3v) is 3.05. The Hall–Kier alpha value is -1.50. The summed E-state index contributed by atoms with van der Waals surface area (Å²) in [6.07, 6.45) is 1.67. The smallest absolute Gasteiger partial charge is 0.274 e. The van der Waals surface area contributed by atoms with E-state index in [9.17, 15) is 4.79 Å². The van der Waals surface area contributed by atoms with E-state index in [0.29, 0.717) is 12.4 Å². The predicted molar refractivity (Wildman–Crippen MR) is 65.2 cm³/mol. The highest BCUT2D eigenvalue weighted by Crippen LogP contribution is 2.11. The number of aryl methyl sites for hydroxylation is 1. The first-order valence-corrected chi connectivity index (χ1v) is 6.10. The molecule has 0 bridgehead atoms.